The van der Waals surface area contributed by atoms with E-state index in [1.54, 1.807) is 0 Å². The third kappa shape index (κ3) is 3.70. The Kier molecular flexibility index (Phi) is 4.82. The molecule has 0 saturated carbocycles. The van der Waals surface area contributed by atoms with Crippen LogP contribution in [-0.4, -0.2) is 59.4 Å². The second-order valence-corrected chi connectivity index (χ2v) is 8.19. The number of hydrogen-bond donors (Lipinski definition) is 2. The van der Waals surface area contributed by atoms with Gasteiger partial charge in [-0.05, 0) is 12.5 Å². The van der Waals surface area contributed by atoms with Crippen molar-refractivity contribution < 1.29 is 23.1 Å². The van der Waals surface area contributed by atoms with Gasteiger partial charge in [0.15, 0.2) is 9.84 Å². The molecule has 2 rings (SSSR count). The number of sulfone groups is 1. The van der Waals surface area contributed by atoms with Crippen LogP contribution in [0.25, 0.3) is 0 Å². The standard InChI is InChI=1S/C12H18N2O5S2/c1-2-3-10-14(9(6-20-10)11(15)16)12(17)13-8-4-5-21(18,19)7-8/h4-5,8-10H,2-3,6-7H2,1H3,(H,13,17)(H,15,16). The molecule has 2 amide bonds. The van der Waals surface area contributed by atoms with Gasteiger partial charge < -0.3 is 10.4 Å². The number of aliphatic carboxylic acids is 1. The minimum Gasteiger partial charge on any atom is -0.480 e. The summed E-state index contributed by atoms with van der Waals surface area (Å²) in [6.07, 6.45) is 2.97. The van der Waals surface area contributed by atoms with Crippen molar-refractivity contribution in [2.24, 2.45) is 0 Å². The molecule has 118 valence electrons. The Bertz CT molecular complexity index is 560. The Hall–Kier alpha value is -1.22. The Labute approximate surface area is 127 Å². The number of amides is 2. The zero-order chi connectivity index (χ0) is 15.6. The lowest BCUT2D eigenvalue weighted by molar-refractivity contribution is -0.141. The number of carbonyl (C=O) groups is 2. The van der Waals surface area contributed by atoms with E-state index in [0.29, 0.717) is 12.2 Å². The summed E-state index contributed by atoms with van der Waals surface area (Å²) in [4.78, 5) is 24.9. The van der Waals surface area contributed by atoms with Crippen molar-refractivity contribution in [3.63, 3.8) is 0 Å². The van der Waals surface area contributed by atoms with Crippen LogP contribution in [0.4, 0.5) is 4.79 Å². The molecule has 0 radical (unpaired) electrons. The Balaban J connectivity index is 2.07. The predicted molar refractivity (Wildman–Crippen MR) is 79.7 cm³/mol. The van der Waals surface area contributed by atoms with Gasteiger partial charge in [0.1, 0.15) is 6.04 Å². The molecule has 0 aromatic carbocycles. The SMILES string of the molecule is CCCC1SCC(C(=O)O)N1C(=O)NC1C=CS(=O)(=O)C1. The highest BCUT2D eigenvalue weighted by atomic mass is 32.2. The van der Waals surface area contributed by atoms with Crippen LogP contribution in [-0.2, 0) is 14.6 Å². The van der Waals surface area contributed by atoms with Crippen LogP contribution >= 0.6 is 11.8 Å². The molecule has 0 spiro atoms. The van der Waals surface area contributed by atoms with Crippen LogP contribution in [0.15, 0.2) is 11.5 Å². The highest BCUT2D eigenvalue weighted by Crippen LogP contribution is 2.32. The molecular formula is C12H18N2O5S2. The monoisotopic (exact) mass is 334 g/mol. The molecule has 7 nitrogen and oxygen atoms in total. The van der Waals surface area contributed by atoms with Gasteiger partial charge in [0, 0.05) is 11.2 Å². The molecule has 1 saturated heterocycles. The van der Waals surface area contributed by atoms with Gasteiger partial charge in [-0.15, -0.1) is 11.8 Å². The lowest BCUT2D eigenvalue weighted by atomic mass is 10.2. The third-order valence-corrected chi connectivity index (χ3v) is 6.14. The van der Waals surface area contributed by atoms with Crippen molar-refractivity contribution >= 4 is 33.6 Å². The number of thioether (sulfide) groups is 1. The molecule has 3 unspecified atom stereocenters. The van der Waals surface area contributed by atoms with Crippen LogP contribution in [0.5, 0.6) is 0 Å². The third-order valence-electron chi connectivity index (χ3n) is 3.39. The summed E-state index contributed by atoms with van der Waals surface area (Å²) in [5.41, 5.74) is 0. The van der Waals surface area contributed by atoms with Crippen LogP contribution in [0.3, 0.4) is 0 Å². The molecule has 1 fully saturated rings. The number of urea groups is 1. The first-order chi connectivity index (χ1) is 9.84. The summed E-state index contributed by atoms with van der Waals surface area (Å²) < 4.78 is 22.7. The second-order valence-electron chi connectivity index (χ2n) is 5.05. The maximum atomic E-state index is 12.3. The van der Waals surface area contributed by atoms with Gasteiger partial charge in [-0.1, -0.05) is 13.3 Å². The molecule has 0 aromatic rings. The number of carboxylic acids is 1. The molecule has 3 atom stereocenters. The van der Waals surface area contributed by atoms with Crippen molar-refractivity contribution in [2.45, 2.75) is 37.2 Å². The van der Waals surface area contributed by atoms with E-state index in [9.17, 15) is 23.1 Å². The van der Waals surface area contributed by atoms with Crippen molar-refractivity contribution in [2.75, 3.05) is 11.5 Å². The highest BCUT2D eigenvalue weighted by molar-refractivity contribution is 8.00. The quantitative estimate of drug-likeness (QED) is 0.782. The fourth-order valence-electron chi connectivity index (χ4n) is 2.39. The maximum absolute atomic E-state index is 12.3. The zero-order valence-corrected chi connectivity index (χ0v) is 13.2. The van der Waals surface area contributed by atoms with E-state index in [2.05, 4.69) is 5.32 Å². The predicted octanol–water partition coefficient (Wildman–Crippen LogP) is 0.635. The lowest BCUT2D eigenvalue weighted by Gasteiger charge is -2.28. The van der Waals surface area contributed by atoms with Gasteiger partial charge in [-0.25, -0.2) is 18.0 Å². The zero-order valence-electron chi connectivity index (χ0n) is 11.6. The maximum Gasteiger partial charge on any atom is 0.327 e. The molecule has 2 aliphatic rings. The summed E-state index contributed by atoms with van der Waals surface area (Å²) in [6.45, 7) is 1.97. The smallest absolute Gasteiger partial charge is 0.327 e. The molecule has 21 heavy (non-hydrogen) atoms. The van der Waals surface area contributed by atoms with E-state index in [-0.39, 0.29) is 11.1 Å². The van der Waals surface area contributed by atoms with Crippen LogP contribution in [0.2, 0.25) is 0 Å². The van der Waals surface area contributed by atoms with Crippen molar-refractivity contribution in [3.05, 3.63) is 11.5 Å². The van der Waals surface area contributed by atoms with E-state index >= 15 is 0 Å². The van der Waals surface area contributed by atoms with Gasteiger partial charge in [-0.2, -0.15) is 0 Å². The minimum absolute atomic E-state index is 0.171. The number of hydrogen-bond acceptors (Lipinski definition) is 5. The number of nitrogens with one attached hydrogen (secondary N) is 1. The average Bonchev–Trinajstić information content (AvgIpc) is 2.93. The summed E-state index contributed by atoms with van der Waals surface area (Å²) in [5.74, 6) is -0.854. The minimum atomic E-state index is -3.25. The topological polar surface area (TPSA) is 104 Å². The number of rotatable bonds is 4. The highest BCUT2D eigenvalue weighted by Gasteiger charge is 2.42. The van der Waals surface area contributed by atoms with E-state index in [1.807, 2.05) is 6.92 Å². The van der Waals surface area contributed by atoms with E-state index in [0.717, 1.165) is 11.8 Å². The molecular weight excluding hydrogens is 316 g/mol. The van der Waals surface area contributed by atoms with Gasteiger partial charge in [0.05, 0.1) is 17.2 Å². The number of carbonyl (C=O) groups excluding carboxylic acids is 1. The first-order valence-corrected chi connectivity index (χ1v) is 9.44. The first-order valence-electron chi connectivity index (χ1n) is 6.68. The normalized spacial score (nSPS) is 30.5. The van der Waals surface area contributed by atoms with Gasteiger partial charge >= 0.3 is 12.0 Å². The largest absolute Gasteiger partial charge is 0.480 e. The number of carboxylic acid groups (broad SMARTS) is 1. The molecule has 9 heteroatoms. The van der Waals surface area contributed by atoms with E-state index in [4.69, 9.17) is 0 Å². The Morgan fingerprint density at radius 3 is 2.71 bits per heavy atom. The van der Waals surface area contributed by atoms with Crippen molar-refractivity contribution in [1.29, 1.82) is 0 Å². The van der Waals surface area contributed by atoms with Gasteiger partial charge in [0.2, 0.25) is 0 Å². The number of nitrogens with zero attached hydrogens (tertiary/aromatic N) is 1. The summed E-state index contributed by atoms with van der Waals surface area (Å²) in [6, 6.07) is -1.98. The van der Waals surface area contributed by atoms with Crippen LogP contribution in [0.1, 0.15) is 19.8 Å². The van der Waals surface area contributed by atoms with Crippen molar-refractivity contribution in [1.82, 2.24) is 10.2 Å². The summed E-state index contributed by atoms with van der Waals surface area (Å²) >= 11 is 1.45. The molecule has 2 aliphatic heterocycles. The molecule has 0 aliphatic carbocycles. The van der Waals surface area contributed by atoms with E-state index in [1.165, 1.54) is 22.7 Å². The Morgan fingerprint density at radius 1 is 1.48 bits per heavy atom. The first kappa shape index (κ1) is 16.2. The summed E-state index contributed by atoms with van der Waals surface area (Å²) in [5, 5.41) is 12.7. The fraction of sp³-hybridized carbons (Fsp3) is 0.667. The van der Waals surface area contributed by atoms with Crippen LogP contribution in [0, 0.1) is 0 Å². The summed E-state index contributed by atoms with van der Waals surface area (Å²) in [7, 11) is -3.25. The van der Waals surface area contributed by atoms with Crippen molar-refractivity contribution in [3.8, 4) is 0 Å². The van der Waals surface area contributed by atoms with E-state index < -0.39 is 33.9 Å². The van der Waals surface area contributed by atoms with Crippen LogP contribution < -0.4 is 5.32 Å². The van der Waals surface area contributed by atoms with Gasteiger partial charge in [-0.3, -0.25) is 4.90 Å². The average molecular weight is 334 g/mol. The molecule has 0 bridgehead atoms. The molecule has 0 aromatic heterocycles. The Morgan fingerprint density at radius 2 is 2.19 bits per heavy atom. The second kappa shape index (κ2) is 6.27. The fourth-order valence-corrected chi connectivity index (χ4v) is 5.14. The van der Waals surface area contributed by atoms with Gasteiger partial charge in [0.25, 0.3) is 0 Å². The lowest BCUT2D eigenvalue weighted by Crippen LogP contribution is -2.52. The molecule has 2 heterocycles. The molecule has 2 N–H and O–H groups in total.